The summed E-state index contributed by atoms with van der Waals surface area (Å²) in [5.74, 6) is 0. The molecule has 0 atom stereocenters. The summed E-state index contributed by atoms with van der Waals surface area (Å²) in [7, 11) is 0. The van der Waals surface area contributed by atoms with Crippen LogP contribution in [0, 0.1) is 0 Å². The maximum atomic E-state index is 12.8. The van der Waals surface area contributed by atoms with Crippen LogP contribution in [-0.4, -0.2) is 62.2 Å². The molecule has 3 rings (SSSR count). The molecule has 1 saturated heterocycles. The smallest absolute Gasteiger partial charge is 0.315 e. The molecule has 0 radical (unpaired) electrons. The molecule has 0 spiro atoms. The van der Waals surface area contributed by atoms with Crippen molar-refractivity contribution >= 4 is 0 Å². The van der Waals surface area contributed by atoms with Gasteiger partial charge in [-0.1, -0.05) is 24.3 Å². The minimum Gasteiger partial charge on any atom is -0.315 e. The number of alkyl halides is 6. The molecule has 200 valence electrons. The van der Waals surface area contributed by atoms with Crippen LogP contribution in [0.2, 0.25) is 0 Å². The van der Waals surface area contributed by atoms with Crippen molar-refractivity contribution in [3.63, 3.8) is 0 Å². The summed E-state index contributed by atoms with van der Waals surface area (Å²) in [5.41, 5.74) is 0.447. The highest BCUT2D eigenvalue weighted by atomic mass is 19.4. The number of halogens is 6. The summed E-state index contributed by atoms with van der Waals surface area (Å²) in [6, 6.07) is 10.7. The van der Waals surface area contributed by atoms with Crippen molar-refractivity contribution in [2.24, 2.45) is 0 Å². The van der Waals surface area contributed by atoms with Gasteiger partial charge >= 0.3 is 12.4 Å². The second-order valence-corrected chi connectivity index (χ2v) is 9.15. The molecule has 1 fully saturated rings. The third kappa shape index (κ3) is 9.72. The van der Waals surface area contributed by atoms with E-state index in [4.69, 9.17) is 0 Å². The Morgan fingerprint density at radius 2 is 0.889 bits per heavy atom. The lowest BCUT2D eigenvalue weighted by Gasteiger charge is -2.25. The van der Waals surface area contributed by atoms with Crippen molar-refractivity contribution in [3.05, 3.63) is 70.8 Å². The molecule has 2 aromatic rings. The van der Waals surface area contributed by atoms with Gasteiger partial charge in [-0.3, -0.25) is 9.80 Å². The van der Waals surface area contributed by atoms with Gasteiger partial charge in [0.2, 0.25) is 0 Å². The van der Waals surface area contributed by atoms with Crippen LogP contribution >= 0.6 is 0 Å². The first-order chi connectivity index (χ1) is 17.1. The Hall–Kier alpha value is -2.14. The van der Waals surface area contributed by atoms with E-state index in [0.717, 1.165) is 101 Å². The maximum absolute atomic E-state index is 12.8. The van der Waals surface area contributed by atoms with E-state index >= 15 is 0 Å². The van der Waals surface area contributed by atoms with Crippen molar-refractivity contribution in [1.29, 1.82) is 0 Å². The Kier molecular flexibility index (Phi) is 10.6. The molecule has 0 bridgehead atoms. The highest BCUT2D eigenvalue weighted by Gasteiger charge is 2.30. The number of hydrogen-bond acceptors (Lipinski definition) is 4. The molecular weight excluding hydrogens is 482 g/mol. The summed E-state index contributed by atoms with van der Waals surface area (Å²) in [6.45, 7) is 7.58. The van der Waals surface area contributed by atoms with E-state index < -0.39 is 23.5 Å². The highest BCUT2D eigenvalue weighted by Crippen LogP contribution is 2.30. The molecule has 0 aromatic heterocycles. The Balaban J connectivity index is 1.48. The van der Waals surface area contributed by atoms with Crippen LogP contribution in [-0.2, 0) is 25.4 Å². The predicted octanol–water partition coefficient (Wildman–Crippen LogP) is 5.00. The fourth-order valence-corrected chi connectivity index (χ4v) is 4.23. The Bertz CT molecular complexity index is 805. The second-order valence-electron chi connectivity index (χ2n) is 9.15. The summed E-state index contributed by atoms with van der Waals surface area (Å²) in [5, 5.41) is 6.87. The first kappa shape index (κ1) is 28.4. The topological polar surface area (TPSA) is 30.5 Å². The molecule has 4 nitrogen and oxygen atoms in total. The average Bonchev–Trinajstić information content (AvgIpc) is 2.82. The fraction of sp³-hybridized carbons (Fsp3) is 0.538. The van der Waals surface area contributed by atoms with Gasteiger partial charge in [0, 0.05) is 39.3 Å². The van der Waals surface area contributed by atoms with Crippen LogP contribution in [0.5, 0.6) is 0 Å². The zero-order valence-electron chi connectivity index (χ0n) is 20.3. The molecule has 0 unspecified atom stereocenters. The summed E-state index contributed by atoms with van der Waals surface area (Å²) in [4.78, 5) is 4.50. The van der Waals surface area contributed by atoms with Crippen molar-refractivity contribution in [1.82, 2.24) is 20.4 Å². The van der Waals surface area contributed by atoms with E-state index in [2.05, 4.69) is 20.4 Å². The zero-order chi connectivity index (χ0) is 26.0. The van der Waals surface area contributed by atoms with E-state index in [-0.39, 0.29) is 0 Å². The molecular formula is C26H34F6N4. The van der Waals surface area contributed by atoms with Gasteiger partial charge in [0.1, 0.15) is 0 Å². The fourth-order valence-electron chi connectivity index (χ4n) is 4.23. The van der Waals surface area contributed by atoms with E-state index in [9.17, 15) is 26.3 Å². The van der Waals surface area contributed by atoms with Crippen LogP contribution in [0.15, 0.2) is 48.5 Å². The first-order valence-corrected chi connectivity index (χ1v) is 12.3. The average molecular weight is 517 g/mol. The molecule has 10 heteroatoms. The number of rotatable bonds is 4. The SMILES string of the molecule is FC(F)(F)c1ccc(CN2CCCNCCN(Cc3ccc(C(F)(F)F)cc3)CCCNCC2)cc1. The summed E-state index contributed by atoms with van der Waals surface area (Å²) in [6.07, 6.45) is -6.85. The monoisotopic (exact) mass is 516 g/mol. The molecule has 1 aliphatic rings. The van der Waals surface area contributed by atoms with Gasteiger partial charge in [-0.15, -0.1) is 0 Å². The molecule has 2 N–H and O–H groups in total. The normalized spacial score (nSPS) is 18.6. The quantitative estimate of drug-likeness (QED) is 0.560. The van der Waals surface area contributed by atoms with Gasteiger partial charge in [-0.2, -0.15) is 26.3 Å². The van der Waals surface area contributed by atoms with Crippen LogP contribution in [0.3, 0.4) is 0 Å². The highest BCUT2D eigenvalue weighted by molar-refractivity contribution is 5.25. The third-order valence-electron chi connectivity index (χ3n) is 6.24. The van der Waals surface area contributed by atoms with Gasteiger partial charge in [-0.25, -0.2) is 0 Å². The van der Waals surface area contributed by atoms with E-state index in [0.29, 0.717) is 13.1 Å². The molecule has 36 heavy (non-hydrogen) atoms. The van der Waals surface area contributed by atoms with Gasteiger partial charge in [-0.05, 0) is 74.4 Å². The minimum absolute atomic E-state index is 0.598. The Labute approximate surface area is 208 Å². The molecule has 2 aromatic carbocycles. The van der Waals surface area contributed by atoms with Crippen molar-refractivity contribution in [3.8, 4) is 0 Å². The Morgan fingerprint density at radius 3 is 1.22 bits per heavy atom. The lowest BCUT2D eigenvalue weighted by atomic mass is 10.1. The van der Waals surface area contributed by atoms with Crippen LogP contribution in [0.4, 0.5) is 26.3 Å². The van der Waals surface area contributed by atoms with Crippen LogP contribution in [0.25, 0.3) is 0 Å². The maximum Gasteiger partial charge on any atom is 0.416 e. The van der Waals surface area contributed by atoms with Crippen LogP contribution < -0.4 is 10.6 Å². The standard InChI is InChI=1S/C26H34F6N4/c27-25(28,29)23-7-3-21(4-8-23)19-35-15-1-11-33-13-18-36(16-2-12-34-14-17-35)20-22-5-9-24(10-6-22)26(30,31)32/h3-10,33-34H,1-2,11-20H2. The van der Waals surface area contributed by atoms with Crippen molar-refractivity contribution in [2.45, 2.75) is 38.3 Å². The second kappa shape index (κ2) is 13.4. The predicted molar refractivity (Wildman–Crippen MR) is 128 cm³/mol. The van der Waals surface area contributed by atoms with Crippen LogP contribution in [0.1, 0.15) is 35.1 Å². The van der Waals surface area contributed by atoms with E-state index in [1.54, 1.807) is 24.3 Å². The first-order valence-electron chi connectivity index (χ1n) is 12.3. The minimum atomic E-state index is -4.33. The zero-order valence-corrected chi connectivity index (χ0v) is 20.3. The van der Waals surface area contributed by atoms with Crippen molar-refractivity contribution < 1.29 is 26.3 Å². The third-order valence-corrected chi connectivity index (χ3v) is 6.24. The number of hydrogen-bond donors (Lipinski definition) is 2. The number of nitrogens with zero attached hydrogens (tertiary/aromatic N) is 2. The largest absolute Gasteiger partial charge is 0.416 e. The summed E-state index contributed by atoms with van der Waals surface area (Å²) >= 11 is 0. The molecule has 1 aliphatic heterocycles. The molecule has 1 heterocycles. The van der Waals surface area contributed by atoms with Gasteiger partial charge < -0.3 is 10.6 Å². The van der Waals surface area contributed by atoms with Gasteiger partial charge in [0.15, 0.2) is 0 Å². The van der Waals surface area contributed by atoms with Crippen molar-refractivity contribution in [2.75, 3.05) is 52.4 Å². The lowest BCUT2D eigenvalue weighted by molar-refractivity contribution is -0.138. The molecule has 0 aliphatic carbocycles. The molecule has 0 saturated carbocycles. The number of benzene rings is 2. The van der Waals surface area contributed by atoms with E-state index in [1.165, 1.54) is 0 Å². The van der Waals surface area contributed by atoms with E-state index in [1.807, 2.05) is 0 Å². The molecule has 0 amide bonds. The Morgan fingerprint density at radius 1 is 0.528 bits per heavy atom. The van der Waals surface area contributed by atoms with Gasteiger partial charge in [0.05, 0.1) is 11.1 Å². The lowest BCUT2D eigenvalue weighted by Crippen LogP contribution is -2.38. The van der Waals surface area contributed by atoms with Gasteiger partial charge in [0.25, 0.3) is 0 Å². The summed E-state index contributed by atoms with van der Waals surface area (Å²) < 4.78 is 76.9. The number of nitrogens with one attached hydrogen (secondary N) is 2.